The van der Waals surface area contributed by atoms with Gasteiger partial charge in [-0.2, -0.15) is 0 Å². The lowest BCUT2D eigenvalue weighted by atomic mass is 9.92. The van der Waals surface area contributed by atoms with Gasteiger partial charge in [0.2, 0.25) is 0 Å². The molecule has 0 radical (unpaired) electrons. The smallest absolute Gasteiger partial charge is 0.319 e. The van der Waals surface area contributed by atoms with Gasteiger partial charge >= 0.3 is 5.97 Å². The Balaban J connectivity index is 2.97. The maximum absolute atomic E-state index is 11.6. The molecule has 0 aliphatic carbocycles. The summed E-state index contributed by atoms with van der Waals surface area (Å²) in [7, 11) is 0. The summed E-state index contributed by atoms with van der Waals surface area (Å²) in [5.41, 5.74) is -0.527. The number of esters is 1. The van der Waals surface area contributed by atoms with Gasteiger partial charge in [-0.25, -0.2) is 9.97 Å². The number of aldehydes is 1. The van der Waals surface area contributed by atoms with E-state index in [9.17, 15) is 9.59 Å². The van der Waals surface area contributed by atoms with Gasteiger partial charge in [-0.3, -0.25) is 9.59 Å². The van der Waals surface area contributed by atoms with E-state index in [1.54, 1.807) is 20.8 Å². The molecule has 86 valence electrons. The second kappa shape index (κ2) is 4.83. The zero-order valence-corrected chi connectivity index (χ0v) is 9.56. The molecule has 0 saturated carbocycles. The van der Waals surface area contributed by atoms with Crippen molar-refractivity contribution in [1.29, 1.82) is 0 Å². The molecule has 0 unspecified atom stereocenters. The molecule has 5 heteroatoms. The van der Waals surface area contributed by atoms with Crippen LogP contribution < -0.4 is 0 Å². The Morgan fingerprint density at radius 1 is 1.44 bits per heavy atom. The van der Waals surface area contributed by atoms with Crippen molar-refractivity contribution in [3.63, 3.8) is 0 Å². The number of rotatable bonds is 4. The van der Waals surface area contributed by atoms with Gasteiger partial charge in [0, 0.05) is 12.4 Å². The molecule has 1 rings (SSSR count). The van der Waals surface area contributed by atoms with Crippen LogP contribution in [0.3, 0.4) is 0 Å². The van der Waals surface area contributed by atoms with Crippen molar-refractivity contribution in [2.24, 2.45) is 0 Å². The van der Waals surface area contributed by atoms with Crippen LogP contribution in [0.4, 0.5) is 0 Å². The minimum absolute atomic E-state index is 0.314. The molecular formula is C11H14N2O3. The first-order chi connectivity index (χ1) is 7.52. The minimum atomic E-state index is -0.905. The van der Waals surface area contributed by atoms with Crippen LogP contribution >= 0.6 is 0 Å². The Labute approximate surface area is 93.9 Å². The highest BCUT2D eigenvalue weighted by molar-refractivity contribution is 5.81. The second-order valence-corrected chi connectivity index (χ2v) is 3.80. The largest absolute Gasteiger partial charge is 0.465 e. The molecule has 0 aromatic carbocycles. The Kier molecular flexibility index (Phi) is 3.71. The van der Waals surface area contributed by atoms with Crippen LogP contribution in [0, 0.1) is 0 Å². The third-order valence-corrected chi connectivity index (χ3v) is 2.15. The molecule has 0 aliphatic heterocycles. The number of carbonyl (C=O) groups is 2. The molecule has 1 aromatic rings. The van der Waals surface area contributed by atoms with E-state index >= 15 is 0 Å². The fourth-order valence-electron chi connectivity index (χ4n) is 1.12. The van der Waals surface area contributed by atoms with Gasteiger partial charge in [0.25, 0.3) is 0 Å². The highest BCUT2D eigenvalue weighted by Gasteiger charge is 2.34. The number of hydrogen-bond acceptors (Lipinski definition) is 5. The average Bonchev–Trinajstić information content (AvgIpc) is 2.29. The minimum Gasteiger partial charge on any atom is -0.465 e. The van der Waals surface area contributed by atoms with Crippen molar-refractivity contribution < 1.29 is 14.3 Å². The lowest BCUT2D eigenvalue weighted by Crippen LogP contribution is -2.33. The highest BCUT2D eigenvalue weighted by atomic mass is 16.5. The third kappa shape index (κ3) is 2.42. The van der Waals surface area contributed by atoms with E-state index in [1.807, 2.05) is 0 Å². The van der Waals surface area contributed by atoms with Crippen LogP contribution in [0.1, 0.15) is 37.0 Å². The second-order valence-electron chi connectivity index (χ2n) is 3.80. The summed E-state index contributed by atoms with van der Waals surface area (Å²) in [4.78, 5) is 30.0. The Bertz CT molecular complexity index is 385. The molecule has 0 aliphatic rings. The Morgan fingerprint density at radius 3 is 2.44 bits per heavy atom. The van der Waals surface area contributed by atoms with E-state index in [-0.39, 0.29) is 5.97 Å². The van der Waals surface area contributed by atoms with Crippen LogP contribution in [-0.4, -0.2) is 28.8 Å². The number of aromatic nitrogens is 2. The molecule has 16 heavy (non-hydrogen) atoms. The zero-order chi connectivity index (χ0) is 12.2. The molecule has 0 saturated heterocycles. The first kappa shape index (κ1) is 12.3. The lowest BCUT2D eigenvalue weighted by Gasteiger charge is -2.20. The van der Waals surface area contributed by atoms with E-state index in [2.05, 4.69) is 9.97 Å². The molecule has 0 N–H and O–H groups in total. The number of carbonyl (C=O) groups excluding carboxylic acids is 2. The van der Waals surface area contributed by atoms with Crippen molar-refractivity contribution in [1.82, 2.24) is 9.97 Å². The molecule has 1 aromatic heterocycles. The average molecular weight is 222 g/mol. The first-order valence-corrected chi connectivity index (χ1v) is 4.97. The summed E-state index contributed by atoms with van der Waals surface area (Å²) >= 11 is 0. The van der Waals surface area contributed by atoms with Gasteiger partial charge in [0.1, 0.15) is 11.2 Å². The van der Waals surface area contributed by atoms with Crippen molar-refractivity contribution in [2.45, 2.75) is 26.2 Å². The van der Waals surface area contributed by atoms with Crippen molar-refractivity contribution in [3.8, 4) is 0 Å². The third-order valence-electron chi connectivity index (χ3n) is 2.15. The first-order valence-electron chi connectivity index (χ1n) is 4.97. The molecule has 0 fully saturated rings. The van der Waals surface area contributed by atoms with E-state index in [0.717, 1.165) is 0 Å². The molecule has 0 spiro atoms. The van der Waals surface area contributed by atoms with Crippen molar-refractivity contribution in [3.05, 3.63) is 23.8 Å². The quantitative estimate of drug-likeness (QED) is 0.564. The van der Waals surface area contributed by atoms with E-state index in [1.165, 1.54) is 12.4 Å². The maximum Gasteiger partial charge on any atom is 0.319 e. The molecule has 1 heterocycles. The fraction of sp³-hybridized carbons (Fsp3) is 0.455. The van der Waals surface area contributed by atoms with Gasteiger partial charge in [0.15, 0.2) is 6.29 Å². The van der Waals surface area contributed by atoms with Gasteiger partial charge in [0.05, 0.1) is 12.2 Å². The zero-order valence-electron chi connectivity index (χ0n) is 9.56. The van der Waals surface area contributed by atoms with E-state index < -0.39 is 5.41 Å². The standard InChI is InChI=1S/C11H14N2O3/c1-4-16-10(15)11(2,3)9-12-5-8(7-14)6-13-9/h5-7H,4H2,1-3H3. The summed E-state index contributed by atoms with van der Waals surface area (Å²) in [6.45, 7) is 5.42. The summed E-state index contributed by atoms with van der Waals surface area (Å²) in [5, 5.41) is 0. The van der Waals surface area contributed by atoms with Crippen LogP contribution in [-0.2, 0) is 14.9 Å². The van der Waals surface area contributed by atoms with Gasteiger partial charge in [-0.15, -0.1) is 0 Å². The SMILES string of the molecule is CCOC(=O)C(C)(C)c1ncc(C=O)cn1. The normalized spacial score (nSPS) is 10.9. The van der Waals surface area contributed by atoms with Crippen LogP contribution in [0.15, 0.2) is 12.4 Å². The summed E-state index contributed by atoms with van der Waals surface area (Å²) in [5.74, 6) is -0.0367. The van der Waals surface area contributed by atoms with Gasteiger partial charge in [-0.1, -0.05) is 0 Å². The summed E-state index contributed by atoms with van der Waals surface area (Å²) < 4.78 is 4.93. The fourth-order valence-corrected chi connectivity index (χ4v) is 1.12. The molecule has 5 nitrogen and oxygen atoms in total. The summed E-state index contributed by atoms with van der Waals surface area (Å²) in [6, 6.07) is 0. The maximum atomic E-state index is 11.6. The van der Waals surface area contributed by atoms with Crippen molar-refractivity contribution in [2.75, 3.05) is 6.61 Å². The molecule has 0 amide bonds. The number of hydrogen-bond donors (Lipinski definition) is 0. The number of ether oxygens (including phenoxy) is 1. The van der Waals surface area contributed by atoms with Crippen LogP contribution in [0.5, 0.6) is 0 Å². The highest BCUT2D eigenvalue weighted by Crippen LogP contribution is 2.20. The Hall–Kier alpha value is -1.78. The molecule has 0 bridgehead atoms. The predicted octanol–water partition coefficient (Wildman–Crippen LogP) is 1.13. The summed E-state index contributed by atoms with van der Waals surface area (Å²) in [6.07, 6.45) is 3.42. The van der Waals surface area contributed by atoms with Crippen molar-refractivity contribution >= 4 is 12.3 Å². The van der Waals surface area contributed by atoms with Crippen LogP contribution in [0.25, 0.3) is 0 Å². The number of nitrogens with zero attached hydrogens (tertiary/aromatic N) is 2. The molecular weight excluding hydrogens is 208 g/mol. The lowest BCUT2D eigenvalue weighted by molar-refractivity contribution is -0.149. The van der Waals surface area contributed by atoms with E-state index in [4.69, 9.17) is 4.74 Å². The van der Waals surface area contributed by atoms with Gasteiger partial charge in [-0.05, 0) is 20.8 Å². The van der Waals surface area contributed by atoms with Crippen LogP contribution in [0.2, 0.25) is 0 Å². The van der Waals surface area contributed by atoms with Gasteiger partial charge < -0.3 is 4.74 Å². The Morgan fingerprint density at radius 2 is 2.00 bits per heavy atom. The molecule has 0 atom stereocenters. The topological polar surface area (TPSA) is 69.2 Å². The van der Waals surface area contributed by atoms with E-state index in [0.29, 0.717) is 24.3 Å². The monoisotopic (exact) mass is 222 g/mol. The predicted molar refractivity (Wildman–Crippen MR) is 57.1 cm³/mol.